The summed E-state index contributed by atoms with van der Waals surface area (Å²) in [5.41, 5.74) is 6.67. The van der Waals surface area contributed by atoms with E-state index >= 15 is 0 Å². The van der Waals surface area contributed by atoms with Gasteiger partial charge in [0.25, 0.3) is 16.0 Å². The van der Waals surface area contributed by atoms with Crippen molar-refractivity contribution in [3.63, 3.8) is 0 Å². The van der Waals surface area contributed by atoms with Crippen LogP contribution in [0.5, 0.6) is 0 Å². The van der Waals surface area contributed by atoms with E-state index in [0.717, 1.165) is 27.9 Å². The Labute approximate surface area is 626 Å². The third kappa shape index (κ3) is 23.9. The number of hydrogen-bond acceptors (Lipinski definition) is 19. The molecule has 7 aromatic carbocycles. The Morgan fingerprint density at radius 1 is 0.514 bits per heavy atom. The zero-order valence-corrected chi connectivity index (χ0v) is 60.7. The highest BCUT2D eigenvalue weighted by atomic mass is 32.2. The molecule has 0 saturated heterocycles. The second-order valence-electron chi connectivity index (χ2n) is 26.0. The van der Waals surface area contributed by atoms with Gasteiger partial charge < -0.3 is 78.1 Å². The van der Waals surface area contributed by atoms with Crippen LogP contribution < -0.4 is 58.1 Å². The highest BCUT2D eigenvalue weighted by Gasteiger charge is 2.37. The Hall–Kier alpha value is -12.7. The monoisotopic (exact) mass is 1520 g/mol. The predicted octanol–water partition coefficient (Wildman–Crippen LogP) is 5.99. The number of alkyl carbamates (subject to hydrolysis) is 1. The first-order chi connectivity index (χ1) is 52.0. The molecule has 0 bridgehead atoms. The minimum Gasteiger partial charge on any atom is -0.481 e. The average Bonchev–Trinajstić information content (AvgIpc) is 1.66. The van der Waals surface area contributed by atoms with Gasteiger partial charge in [-0.25, -0.2) is 9.59 Å². The van der Waals surface area contributed by atoms with Crippen LogP contribution in [0.15, 0.2) is 179 Å². The van der Waals surface area contributed by atoms with Crippen molar-refractivity contribution in [1.82, 2.24) is 47.9 Å². The Balaban J connectivity index is 0.859. The van der Waals surface area contributed by atoms with E-state index in [1.807, 2.05) is 91.8 Å². The number of azo groups is 1. The van der Waals surface area contributed by atoms with Crippen LogP contribution in [-0.4, -0.2) is 177 Å². The number of nitrogens with one attached hydrogen (secondary N) is 10. The standard InChI is InChI=1S/C76H85N13O19S/c1-44(2)67(73(100)83-61(41-66(94)95)71(98)82-59(75(102)103)24-12-13-37-79-69(96)46-27-29-47(30-28-46)87-88-48-31-33-49(34-32-48)89(3)4)85-74(101)68(45-16-6-5-7-17-45)86-72(99)60(40-65(92)93)81-64(91)42-80-70(97)58(84-76(104)108-43-56-52-20-10-8-18-50(52)51-19-9-11-21-53(51)56)35-36-63(90)78-39-38-77-57-25-14-23-55-54(57)22-15-26-62(55)109(105,106)107/h5-11,14-23,25-34,44,56,58-61,67-68,77H,12-13,24,35-43H2,1-4H3,(H,78,90)(H,79,96)(H,80,97)(H,81,91)(H,82,98)(H,83,100)(H,84,104)(H,85,101)(H,86,99)(H,92,93)(H,94,95)(H,102,103)(H,105,106,107)/t58-,59-,60-,61-,67-,68-/m0/s1. The summed E-state index contributed by atoms with van der Waals surface area (Å²) >= 11 is 0. The summed E-state index contributed by atoms with van der Waals surface area (Å²) in [6, 6.07) is 35.0. The van der Waals surface area contributed by atoms with E-state index < -0.39 is 143 Å². The maximum atomic E-state index is 14.4. The number of nitrogens with zero attached hydrogens (tertiary/aromatic N) is 3. The first kappa shape index (κ1) is 82.0. The quantitative estimate of drug-likeness (QED) is 0.0120. The van der Waals surface area contributed by atoms with E-state index in [9.17, 15) is 85.8 Å². The number of hydrogen-bond donors (Lipinski definition) is 14. The minimum atomic E-state index is -4.55. The molecule has 8 rings (SSSR count). The number of carbonyl (C=O) groups is 12. The zero-order valence-electron chi connectivity index (χ0n) is 59.9. The number of carbonyl (C=O) groups excluding carboxylic acids is 9. The van der Waals surface area contributed by atoms with Crippen LogP contribution in [0, 0.1) is 5.92 Å². The maximum absolute atomic E-state index is 14.4. The maximum Gasteiger partial charge on any atom is 0.407 e. The molecule has 6 atom stereocenters. The molecule has 9 amide bonds. The molecule has 0 saturated carbocycles. The molecule has 0 unspecified atom stereocenters. The van der Waals surface area contributed by atoms with Gasteiger partial charge in [-0.15, -0.1) is 0 Å². The first-order valence-electron chi connectivity index (χ1n) is 34.7. The highest BCUT2D eigenvalue weighted by molar-refractivity contribution is 7.86. The summed E-state index contributed by atoms with van der Waals surface area (Å²) in [6.45, 7) is 2.09. The van der Waals surface area contributed by atoms with Gasteiger partial charge in [0, 0.05) is 73.8 Å². The molecule has 0 aliphatic heterocycles. The van der Waals surface area contributed by atoms with Gasteiger partial charge in [0.05, 0.1) is 30.8 Å². The van der Waals surface area contributed by atoms with Crippen molar-refractivity contribution in [3.05, 3.63) is 186 Å². The smallest absolute Gasteiger partial charge is 0.407 e. The second kappa shape index (κ2) is 39.1. The Kier molecular flexibility index (Phi) is 29.4. The van der Waals surface area contributed by atoms with Crippen LogP contribution in [0.2, 0.25) is 0 Å². The van der Waals surface area contributed by atoms with Crippen LogP contribution in [0.4, 0.5) is 27.5 Å². The zero-order chi connectivity index (χ0) is 78.9. The fraction of sp³-hybridized carbons (Fsp3) is 0.316. The molecular formula is C76H85N13O19S. The summed E-state index contributed by atoms with van der Waals surface area (Å²) in [7, 11) is -0.718. The van der Waals surface area contributed by atoms with E-state index in [0.29, 0.717) is 28.0 Å². The molecule has 33 heteroatoms. The molecule has 0 radical (unpaired) electrons. The molecule has 0 aromatic heterocycles. The fourth-order valence-corrected chi connectivity index (χ4v) is 12.6. The fourth-order valence-electron chi connectivity index (χ4n) is 11.9. The van der Waals surface area contributed by atoms with Crippen molar-refractivity contribution < 1.29 is 90.6 Å². The number of benzene rings is 7. The molecule has 1 aliphatic rings. The van der Waals surface area contributed by atoms with Crippen molar-refractivity contribution in [2.75, 3.05) is 57.1 Å². The molecule has 109 heavy (non-hydrogen) atoms. The lowest BCUT2D eigenvalue weighted by Gasteiger charge is -2.28. The highest BCUT2D eigenvalue weighted by Crippen LogP contribution is 2.44. The van der Waals surface area contributed by atoms with Gasteiger partial charge in [-0.05, 0) is 120 Å². The molecule has 0 fully saturated rings. The lowest BCUT2D eigenvalue weighted by Crippen LogP contribution is -2.58. The number of ether oxygens (including phenoxy) is 1. The molecule has 1 aliphatic carbocycles. The molecule has 7 aromatic rings. The topological polar surface area (TPSA) is 477 Å². The summed E-state index contributed by atoms with van der Waals surface area (Å²) in [5, 5.41) is 64.1. The number of unbranched alkanes of at least 4 members (excludes halogenated alkanes) is 1. The number of rotatable bonds is 39. The van der Waals surface area contributed by atoms with Gasteiger partial charge >= 0.3 is 24.0 Å². The number of anilines is 2. The van der Waals surface area contributed by atoms with Crippen LogP contribution >= 0.6 is 0 Å². The summed E-state index contributed by atoms with van der Waals surface area (Å²) < 4.78 is 39.5. The lowest BCUT2D eigenvalue weighted by molar-refractivity contribution is -0.144. The van der Waals surface area contributed by atoms with Gasteiger partial charge in [-0.2, -0.15) is 18.6 Å². The van der Waals surface area contributed by atoms with Gasteiger partial charge in [-0.3, -0.25) is 52.5 Å². The molecule has 0 heterocycles. The predicted molar refractivity (Wildman–Crippen MR) is 399 cm³/mol. The first-order valence-corrected chi connectivity index (χ1v) is 36.2. The van der Waals surface area contributed by atoms with Crippen molar-refractivity contribution in [3.8, 4) is 11.1 Å². The number of amides is 9. The number of aliphatic carboxylic acids is 3. The van der Waals surface area contributed by atoms with Crippen LogP contribution in [0.1, 0.15) is 97.8 Å². The molecule has 574 valence electrons. The SMILES string of the molecule is CC(C)[C@H](NC(=O)[C@@H](NC(=O)[C@H](CC(=O)O)NC(=O)CNC(=O)[C@H](CCC(=O)NCCNc1cccc2c(S(=O)(=O)O)cccc12)NC(=O)OCC1c2ccccc2-c2ccccc21)c1ccccc1)C(=O)N[C@@H](CC(=O)O)C(=O)N[C@@H](CCCCNC(=O)c1ccc(N=Nc2ccc(N(C)C)cc2)cc1)C(=O)O. The third-order valence-corrected chi connectivity index (χ3v) is 18.4. The summed E-state index contributed by atoms with van der Waals surface area (Å²) in [6.07, 6.45) is -3.73. The van der Waals surface area contributed by atoms with Gasteiger partial charge in [-0.1, -0.05) is 117 Å². The van der Waals surface area contributed by atoms with Gasteiger partial charge in [0.1, 0.15) is 47.8 Å². The van der Waals surface area contributed by atoms with Crippen molar-refractivity contribution >= 4 is 115 Å². The molecule has 14 N–H and O–H groups in total. The largest absolute Gasteiger partial charge is 0.481 e. The Morgan fingerprint density at radius 3 is 1.70 bits per heavy atom. The average molecular weight is 1520 g/mol. The van der Waals surface area contributed by atoms with E-state index in [1.165, 1.54) is 56.3 Å². The summed E-state index contributed by atoms with van der Waals surface area (Å²) in [4.78, 5) is 163. The second-order valence-corrected chi connectivity index (χ2v) is 27.3. The van der Waals surface area contributed by atoms with E-state index in [2.05, 4.69) is 63.4 Å². The van der Waals surface area contributed by atoms with Crippen molar-refractivity contribution in [2.45, 2.75) is 106 Å². The van der Waals surface area contributed by atoms with Gasteiger partial charge in [0.2, 0.25) is 41.4 Å². The van der Waals surface area contributed by atoms with E-state index in [4.69, 9.17) is 4.74 Å². The number of fused-ring (bicyclic) bond motifs is 4. The third-order valence-electron chi connectivity index (χ3n) is 17.5. The Morgan fingerprint density at radius 2 is 1.09 bits per heavy atom. The van der Waals surface area contributed by atoms with E-state index in [-0.39, 0.29) is 80.1 Å². The normalized spacial score (nSPS) is 13.3. The molecule has 32 nitrogen and oxygen atoms in total. The van der Waals surface area contributed by atoms with Crippen molar-refractivity contribution in [2.24, 2.45) is 16.1 Å². The van der Waals surface area contributed by atoms with Crippen LogP contribution in [-0.2, 0) is 62.8 Å². The molecular weight excluding hydrogens is 1430 g/mol. The van der Waals surface area contributed by atoms with Gasteiger partial charge in [0.15, 0.2) is 0 Å². The summed E-state index contributed by atoms with van der Waals surface area (Å²) in [5.74, 6) is -13.7. The van der Waals surface area contributed by atoms with Crippen LogP contribution in [0.3, 0.4) is 0 Å². The van der Waals surface area contributed by atoms with Crippen molar-refractivity contribution in [1.29, 1.82) is 0 Å². The number of carboxylic acids is 3. The van der Waals surface area contributed by atoms with Crippen LogP contribution in [0.25, 0.3) is 21.9 Å². The number of carboxylic acid groups (broad SMARTS) is 3. The van der Waals surface area contributed by atoms with E-state index in [1.54, 1.807) is 48.5 Å². The molecule has 0 spiro atoms. The minimum absolute atomic E-state index is 0.0121. The Bertz CT molecular complexity index is 4580. The lowest BCUT2D eigenvalue weighted by atomic mass is 9.98.